The number of H-pyrrole nitrogens is 1. The van der Waals surface area contributed by atoms with Gasteiger partial charge in [0.05, 0.1) is 6.33 Å². The maximum Gasteiger partial charge on any atom is 0.413 e. The van der Waals surface area contributed by atoms with Gasteiger partial charge in [-0.05, 0) is 5.56 Å². The minimum Gasteiger partial charge on any atom is -0.475 e. The molecular formula is C14H11N5O4. The summed E-state index contributed by atoms with van der Waals surface area (Å²) in [6, 6.07) is 9.14. The number of hydrogen-bond acceptors (Lipinski definition) is 6. The van der Waals surface area contributed by atoms with E-state index in [4.69, 9.17) is 9.84 Å². The number of rotatable bonds is 4. The Morgan fingerprint density at radius 1 is 1.22 bits per heavy atom. The Balaban J connectivity index is 1.76. The van der Waals surface area contributed by atoms with Gasteiger partial charge in [-0.15, -0.1) is 0 Å². The van der Waals surface area contributed by atoms with Gasteiger partial charge in [-0.1, -0.05) is 30.3 Å². The predicted octanol–water partition coefficient (Wildman–Crippen LogP) is 1.80. The van der Waals surface area contributed by atoms with Crippen molar-refractivity contribution >= 4 is 29.0 Å². The molecule has 9 nitrogen and oxygen atoms in total. The van der Waals surface area contributed by atoms with Gasteiger partial charge in [-0.25, -0.2) is 24.5 Å². The lowest BCUT2D eigenvalue weighted by atomic mass is 10.2. The number of aromatic nitrogens is 4. The van der Waals surface area contributed by atoms with Crippen LogP contribution < -0.4 is 5.32 Å². The minimum absolute atomic E-state index is 0.0111. The molecule has 2 heterocycles. The highest BCUT2D eigenvalue weighted by atomic mass is 16.5. The van der Waals surface area contributed by atoms with Crippen LogP contribution in [-0.4, -0.2) is 37.1 Å². The molecule has 0 bridgehead atoms. The summed E-state index contributed by atoms with van der Waals surface area (Å²) in [6.07, 6.45) is 0.561. The lowest BCUT2D eigenvalue weighted by Crippen LogP contribution is -2.16. The number of carbonyl (C=O) groups excluding carboxylic acids is 1. The number of ether oxygens (including phenoxy) is 1. The van der Waals surface area contributed by atoms with Crippen LogP contribution in [0.25, 0.3) is 11.2 Å². The van der Waals surface area contributed by atoms with E-state index < -0.39 is 17.9 Å². The van der Waals surface area contributed by atoms with Gasteiger partial charge in [0.1, 0.15) is 12.1 Å². The highest BCUT2D eigenvalue weighted by molar-refractivity contribution is 5.95. The number of fused-ring (bicyclic) bond motifs is 1. The fraction of sp³-hybridized carbons (Fsp3) is 0.0714. The van der Waals surface area contributed by atoms with Crippen LogP contribution >= 0.6 is 0 Å². The van der Waals surface area contributed by atoms with Crippen molar-refractivity contribution in [3.05, 3.63) is 48.0 Å². The van der Waals surface area contributed by atoms with Gasteiger partial charge in [0.2, 0.25) is 5.82 Å². The van der Waals surface area contributed by atoms with Crippen molar-refractivity contribution < 1.29 is 19.4 Å². The minimum atomic E-state index is -1.32. The van der Waals surface area contributed by atoms with Gasteiger partial charge in [0.25, 0.3) is 0 Å². The number of carboxylic acids is 1. The Hall–Kier alpha value is -3.49. The summed E-state index contributed by atoms with van der Waals surface area (Å²) in [6.45, 7) is 0.0790. The van der Waals surface area contributed by atoms with E-state index in [9.17, 15) is 9.59 Å². The molecule has 9 heteroatoms. The van der Waals surface area contributed by atoms with Crippen molar-refractivity contribution in [2.24, 2.45) is 0 Å². The molecule has 0 spiro atoms. The average molecular weight is 313 g/mol. The average Bonchev–Trinajstić information content (AvgIpc) is 3.02. The van der Waals surface area contributed by atoms with Crippen molar-refractivity contribution in [2.75, 3.05) is 5.32 Å². The lowest BCUT2D eigenvalue weighted by Gasteiger charge is -2.07. The van der Waals surface area contributed by atoms with E-state index >= 15 is 0 Å². The Labute approximate surface area is 129 Å². The number of aromatic carboxylic acids is 1. The maximum atomic E-state index is 11.9. The maximum absolute atomic E-state index is 11.9. The Morgan fingerprint density at radius 3 is 2.74 bits per heavy atom. The first-order chi connectivity index (χ1) is 11.1. The number of carboxylic acid groups (broad SMARTS) is 1. The molecule has 23 heavy (non-hydrogen) atoms. The van der Waals surface area contributed by atoms with Crippen molar-refractivity contribution in [1.82, 2.24) is 19.9 Å². The summed E-state index contributed by atoms with van der Waals surface area (Å²) < 4.78 is 5.07. The highest BCUT2D eigenvalue weighted by Gasteiger charge is 2.16. The van der Waals surface area contributed by atoms with E-state index in [0.717, 1.165) is 5.56 Å². The standard InChI is InChI=1S/C14H11N5O4/c20-13(21)12-17-10-9(15-7-16-10)11(18-12)19-14(22)23-6-8-4-2-1-3-5-8/h1-5,7H,6H2,(H,20,21)(H2,15,16,17,18,19,22). The molecule has 0 saturated heterocycles. The Morgan fingerprint density at radius 2 is 2.00 bits per heavy atom. The van der Waals surface area contributed by atoms with E-state index in [1.165, 1.54) is 6.33 Å². The molecule has 116 valence electrons. The lowest BCUT2D eigenvalue weighted by molar-refractivity contribution is 0.0684. The zero-order valence-corrected chi connectivity index (χ0v) is 11.7. The third kappa shape index (κ3) is 3.23. The number of nitrogens with zero attached hydrogens (tertiary/aromatic N) is 3. The Bertz CT molecular complexity index is 862. The van der Waals surface area contributed by atoms with Gasteiger partial charge < -0.3 is 14.8 Å². The number of carbonyl (C=O) groups is 2. The van der Waals surface area contributed by atoms with Crippen LogP contribution in [0.2, 0.25) is 0 Å². The van der Waals surface area contributed by atoms with Gasteiger partial charge >= 0.3 is 12.1 Å². The van der Waals surface area contributed by atoms with Crippen LogP contribution in [0.1, 0.15) is 16.2 Å². The van der Waals surface area contributed by atoms with Crippen molar-refractivity contribution in [3.63, 3.8) is 0 Å². The van der Waals surface area contributed by atoms with Crippen LogP contribution in [0.15, 0.2) is 36.7 Å². The van der Waals surface area contributed by atoms with E-state index in [-0.39, 0.29) is 18.1 Å². The van der Waals surface area contributed by atoms with Crippen LogP contribution in [0, 0.1) is 0 Å². The summed E-state index contributed by atoms with van der Waals surface area (Å²) in [5.41, 5.74) is 1.27. The quantitative estimate of drug-likeness (QED) is 0.669. The van der Waals surface area contributed by atoms with Crippen LogP contribution in [0.4, 0.5) is 10.6 Å². The number of aromatic amines is 1. The zero-order chi connectivity index (χ0) is 16.2. The molecule has 0 unspecified atom stereocenters. The van der Waals surface area contributed by atoms with Crippen molar-refractivity contribution in [2.45, 2.75) is 6.61 Å². The number of imidazole rings is 1. The second kappa shape index (κ2) is 6.10. The van der Waals surface area contributed by atoms with E-state index in [0.29, 0.717) is 5.52 Å². The number of hydrogen-bond donors (Lipinski definition) is 3. The third-order valence-corrected chi connectivity index (χ3v) is 2.91. The summed E-state index contributed by atoms with van der Waals surface area (Å²) >= 11 is 0. The number of benzene rings is 1. The summed E-state index contributed by atoms with van der Waals surface area (Å²) in [5.74, 6) is -1.80. The number of anilines is 1. The summed E-state index contributed by atoms with van der Waals surface area (Å²) in [7, 11) is 0. The van der Waals surface area contributed by atoms with Gasteiger partial charge in [0.15, 0.2) is 11.5 Å². The topological polar surface area (TPSA) is 130 Å². The molecule has 1 amide bonds. The molecule has 0 atom stereocenters. The van der Waals surface area contributed by atoms with Crippen molar-refractivity contribution in [1.29, 1.82) is 0 Å². The largest absolute Gasteiger partial charge is 0.475 e. The molecule has 0 saturated carbocycles. The second-order valence-corrected chi connectivity index (χ2v) is 4.49. The zero-order valence-electron chi connectivity index (χ0n) is 11.7. The first-order valence-electron chi connectivity index (χ1n) is 6.55. The van der Waals surface area contributed by atoms with Crippen LogP contribution in [-0.2, 0) is 11.3 Å². The SMILES string of the molecule is O=C(Nc1nc(C(=O)O)nc2nc[nH]c12)OCc1ccccc1. The number of amides is 1. The first kappa shape index (κ1) is 14.4. The second-order valence-electron chi connectivity index (χ2n) is 4.49. The first-order valence-corrected chi connectivity index (χ1v) is 6.55. The number of nitrogens with one attached hydrogen (secondary N) is 2. The van der Waals surface area contributed by atoms with Crippen LogP contribution in [0.3, 0.4) is 0 Å². The van der Waals surface area contributed by atoms with E-state index in [1.54, 1.807) is 0 Å². The molecule has 3 N–H and O–H groups in total. The smallest absolute Gasteiger partial charge is 0.413 e. The predicted molar refractivity (Wildman–Crippen MR) is 78.9 cm³/mol. The normalized spacial score (nSPS) is 10.4. The monoisotopic (exact) mass is 313 g/mol. The molecule has 0 radical (unpaired) electrons. The van der Waals surface area contributed by atoms with Crippen LogP contribution in [0.5, 0.6) is 0 Å². The van der Waals surface area contributed by atoms with E-state index in [1.807, 2.05) is 30.3 Å². The molecule has 0 aliphatic heterocycles. The van der Waals surface area contributed by atoms with Gasteiger partial charge in [-0.3, -0.25) is 5.32 Å². The van der Waals surface area contributed by atoms with Gasteiger partial charge in [0, 0.05) is 0 Å². The summed E-state index contributed by atoms with van der Waals surface area (Å²) in [5, 5.41) is 11.4. The van der Waals surface area contributed by atoms with E-state index in [2.05, 4.69) is 25.3 Å². The van der Waals surface area contributed by atoms with Crippen molar-refractivity contribution in [3.8, 4) is 0 Å². The third-order valence-electron chi connectivity index (χ3n) is 2.91. The molecule has 1 aromatic carbocycles. The van der Waals surface area contributed by atoms with Gasteiger partial charge in [-0.2, -0.15) is 0 Å². The summed E-state index contributed by atoms with van der Waals surface area (Å²) in [4.78, 5) is 37.0. The molecule has 0 aliphatic rings. The fourth-order valence-electron chi connectivity index (χ4n) is 1.88. The molecule has 0 fully saturated rings. The Kier molecular flexibility index (Phi) is 3.83. The highest BCUT2D eigenvalue weighted by Crippen LogP contribution is 2.17. The fourth-order valence-corrected chi connectivity index (χ4v) is 1.88. The molecule has 0 aliphatic carbocycles. The molecule has 2 aromatic heterocycles. The molecule has 3 aromatic rings. The molecule has 3 rings (SSSR count). The molecular weight excluding hydrogens is 302 g/mol.